The van der Waals surface area contributed by atoms with Gasteiger partial charge in [0, 0.05) is 24.6 Å². The summed E-state index contributed by atoms with van der Waals surface area (Å²) in [6.07, 6.45) is 0.465. The molecular weight excluding hydrogens is 332 g/mol. The lowest BCUT2D eigenvalue weighted by Gasteiger charge is -2.36. The summed E-state index contributed by atoms with van der Waals surface area (Å²) in [5.74, 6) is 0.105. The van der Waals surface area contributed by atoms with Crippen molar-refractivity contribution in [2.45, 2.75) is 36.1 Å². The second kappa shape index (κ2) is 7.10. The quantitative estimate of drug-likeness (QED) is 0.763. The van der Waals surface area contributed by atoms with Crippen LogP contribution in [-0.4, -0.2) is 41.6 Å². The van der Waals surface area contributed by atoms with Crippen LogP contribution in [0, 0.1) is 0 Å². The van der Waals surface area contributed by atoms with E-state index in [1.54, 1.807) is 6.07 Å². The summed E-state index contributed by atoms with van der Waals surface area (Å²) < 4.78 is 13.0. The molecule has 2 aromatic carbocycles. The molecule has 5 heteroatoms. The Balaban J connectivity index is 2.15. The molecule has 1 aliphatic heterocycles. The van der Waals surface area contributed by atoms with E-state index in [9.17, 15) is 9.00 Å². The highest BCUT2D eigenvalue weighted by Crippen LogP contribution is 2.42. The van der Waals surface area contributed by atoms with Gasteiger partial charge in [0.1, 0.15) is 0 Å². The number of nitrogens with zero attached hydrogens (tertiary/aromatic N) is 2. The summed E-state index contributed by atoms with van der Waals surface area (Å²) in [4.78, 5) is 18.1. The molecule has 0 aromatic heterocycles. The lowest BCUT2D eigenvalue weighted by atomic mass is 10.1. The van der Waals surface area contributed by atoms with Crippen molar-refractivity contribution in [1.29, 1.82) is 0 Å². The summed E-state index contributed by atoms with van der Waals surface area (Å²) in [5.41, 5.74) is 2.52. The molecule has 3 rings (SSSR count). The molecule has 0 amide bonds. The number of anilines is 2. The average molecular weight is 356 g/mol. The van der Waals surface area contributed by atoms with Crippen molar-refractivity contribution in [3.8, 4) is 0 Å². The van der Waals surface area contributed by atoms with E-state index < -0.39 is 10.8 Å². The van der Waals surface area contributed by atoms with Crippen LogP contribution < -0.4 is 4.90 Å². The maximum atomic E-state index is 13.0. The smallest absolute Gasteiger partial charge is 0.162 e. The monoisotopic (exact) mass is 356 g/mol. The van der Waals surface area contributed by atoms with Gasteiger partial charge in [-0.3, -0.25) is 4.79 Å². The van der Waals surface area contributed by atoms with Gasteiger partial charge in [0.25, 0.3) is 0 Å². The van der Waals surface area contributed by atoms with Crippen molar-refractivity contribution in [3.05, 3.63) is 48.0 Å². The Hall–Kier alpha value is -1.98. The zero-order chi connectivity index (χ0) is 18.1. The van der Waals surface area contributed by atoms with E-state index in [4.69, 9.17) is 0 Å². The van der Waals surface area contributed by atoms with E-state index in [1.807, 2.05) is 43.3 Å². The number of fused-ring (bicyclic) bond motifs is 2. The number of likely N-dealkylation sites (N-methyl/N-ethyl adjacent to an activating group) is 1. The first-order valence-electron chi connectivity index (χ1n) is 8.56. The lowest BCUT2D eigenvalue weighted by Crippen LogP contribution is -2.38. The van der Waals surface area contributed by atoms with E-state index in [0.717, 1.165) is 27.7 Å². The maximum absolute atomic E-state index is 13.0. The van der Waals surface area contributed by atoms with E-state index in [1.165, 1.54) is 0 Å². The van der Waals surface area contributed by atoms with E-state index in [-0.39, 0.29) is 5.78 Å². The van der Waals surface area contributed by atoms with Crippen LogP contribution in [0.5, 0.6) is 0 Å². The lowest BCUT2D eigenvalue weighted by molar-refractivity contribution is 0.0988. The number of carbonyl (C=O) groups is 1. The van der Waals surface area contributed by atoms with Gasteiger partial charge in [-0.05, 0) is 45.3 Å². The van der Waals surface area contributed by atoms with E-state index in [0.29, 0.717) is 18.0 Å². The summed E-state index contributed by atoms with van der Waals surface area (Å²) in [6.45, 7) is 4.79. The average Bonchev–Trinajstić information content (AvgIpc) is 2.63. The number of rotatable bonds is 5. The zero-order valence-electron chi connectivity index (χ0n) is 15.2. The molecule has 0 saturated heterocycles. The van der Waals surface area contributed by atoms with E-state index in [2.05, 4.69) is 30.8 Å². The van der Waals surface area contributed by atoms with Gasteiger partial charge in [0.15, 0.2) is 5.78 Å². The van der Waals surface area contributed by atoms with Crippen LogP contribution in [0.3, 0.4) is 0 Å². The van der Waals surface area contributed by atoms with Crippen LogP contribution in [-0.2, 0) is 10.8 Å². The topological polar surface area (TPSA) is 40.6 Å². The molecule has 0 aliphatic carbocycles. The molecule has 0 saturated carbocycles. The summed E-state index contributed by atoms with van der Waals surface area (Å²) >= 11 is 0. The van der Waals surface area contributed by atoms with Crippen LogP contribution in [0.4, 0.5) is 11.4 Å². The standard InChI is InChI=1S/C20H24N2O2S/c1-5-18(23)15-10-11-20-17(12-15)22(13-14(2)21(3)4)16-8-6-7-9-19(16)25(20)24/h6-12,14H,5,13H2,1-4H3. The van der Waals surface area contributed by atoms with Gasteiger partial charge in [-0.1, -0.05) is 25.1 Å². The van der Waals surface area contributed by atoms with Gasteiger partial charge in [0.2, 0.25) is 0 Å². The molecule has 0 N–H and O–H groups in total. The van der Waals surface area contributed by atoms with Gasteiger partial charge in [-0.25, -0.2) is 4.21 Å². The molecule has 0 radical (unpaired) electrons. The highest BCUT2D eigenvalue weighted by molar-refractivity contribution is 7.85. The predicted octanol–water partition coefficient (Wildman–Crippen LogP) is 3.85. The summed E-state index contributed by atoms with van der Waals surface area (Å²) in [7, 11) is 2.88. The van der Waals surface area contributed by atoms with Gasteiger partial charge in [-0.2, -0.15) is 0 Å². The van der Waals surface area contributed by atoms with E-state index >= 15 is 0 Å². The third-order valence-corrected chi connectivity index (χ3v) is 6.27. The number of ketones is 1. The fourth-order valence-electron chi connectivity index (χ4n) is 2.97. The third-order valence-electron chi connectivity index (χ3n) is 4.78. The first-order valence-corrected chi connectivity index (χ1v) is 9.71. The summed E-state index contributed by atoms with van der Waals surface area (Å²) in [6, 6.07) is 13.7. The molecule has 25 heavy (non-hydrogen) atoms. The first-order chi connectivity index (χ1) is 11.9. The highest BCUT2D eigenvalue weighted by atomic mass is 32.2. The van der Waals surface area contributed by atoms with Crippen molar-refractivity contribution in [2.24, 2.45) is 0 Å². The summed E-state index contributed by atoms with van der Waals surface area (Å²) in [5, 5.41) is 0. The van der Waals surface area contributed by atoms with Crippen molar-refractivity contribution < 1.29 is 9.00 Å². The van der Waals surface area contributed by atoms with Crippen LogP contribution in [0.15, 0.2) is 52.3 Å². The molecule has 132 valence electrons. The minimum Gasteiger partial charge on any atom is -0.338 e. The minimum absolute atomic E-state index is 0.105. The highest BCUT2D eigenvalue weighted by Gasteiger charge is 2.29. The van der Waals surface area contributed by atoms with Crippen LogP contribution in [0.1, 0.15) is 30.6 Å². The molecule has 0 spiro atoms. The van der Waals surface area contributed by atoms with Gasteiger partial charge in [-0.15, -0.1) is 0 Å². The second-order valence-corrected chi connectivity index (χ2v) is 8.04. The Morgan fingerprint density at radius 1 is 1.12 bits per heavy atom. The number of hydrogen-bond donors (Lipinski definition) is 0. The Kier molecular flexibility index (Phi) is 5.06. The molecule has 1 heterocycles. The fourth-order valence-corrected chi connectivity index (χ4v) is 4.33. The molecule has 2 atom stereocenters. The molecule has 2 aromatic rings. The third kappa shape index (κ3) is 3.26. The molecular formula is C20H24N2O2S. The van der Waals surface area contributed by atoms with Crippen LogP contribution in [0.2, 0.25) is 0 Å². The number of carbonyl (C=O) groups excluding carboxylic acids is 1. The van der Waals surface area contributed by atoms with Crippen molar-refractivity contribution >= 4 is 28.0 Å². The normalized spacial score (nSPS) is 17.2. The second-order valence-electron chi connectivity index (χ2n) is 6.62. The molecule has 0 fully saturated rings. The predicted molar refractivity (Wildman–Crippen MR) is 102 cm³/mol. The van der Waals surface area contributed by atoms with Crippen molar-refractivity contribution in [1.82, 2.24) is 4.90 Å². The first kappa shape index (κ1) is 17.8. The van der Waals surface area contributed by atoms with Gasteiger partial charge >= 0.3 is 0 Å². The number of hydrogen-bond acceptors (Lipinski definition) is 4. The Bertz CT molecular complexity index is 832. The number of Topliss-reactive ketones (excluding diaryl/α,β-unsaturated/α-hetero) is 1. The molecule has 0 bridgehead atoms. The van der Waals surface area contributed by atoms with Gasteiger partial charge in [0.05, 0.1) is 32.0 Å². The fraction of sp³-hybridized carbons (Fsp3) is 0.350. The Labute approximate surface area is 151 Å². The van der Waals surface area contributed by atoms with Crippen molar-refractivity contribution in [3.63, 3.8) is 0 Å². The Morgan fingerprint density at radius 3 is 2.48 bits per heavy atom. The number of para-hydroxylation sites is 1. The molecule has 1 aliphatic rings. The SMILES string of the molecule is CCC(=O)c1ccc2c(c1)N(CC(C)N(C)C)c1ccccc1S2=O. The van der Waals surface area contributed by atoms with Gasteiger partial charge < -0.3 is 9.80 Å². The Morgan fingerprint density at radius 2 is 1.80 bits per heavy atom. The van der Waals surface area contributed by atoms with Crippen LogP contribution >= 0.6 is 0 Å². The molecule has 4 nitrogen and oxygen atoms in total. The minimum atomic E-state index is -1.23. The largest absolute Gasteiger partial charge is 0.338 e. The zero-order valence-corrected chi connectivity index (χ0v) is 16.0. The number of benzene rings is 2. The van der Waals surface area contributed by atoms with Crippen molar-refractivity contribution in [2.75, 3.05) is 25.5 Å². The maximum Gasteiger partial charge on any atom is 0.162 e. The van der Waals surface area contributed by atoms with Crippen LogP contribution in [0.25, 0.3) is 0 Å². The molecule has 2 unspecified atom stereocenters.